The number of hydrogen-bond donors (Lipinski definition) is 3. The van der Waals surface area contributed by atoms with Gasteiger partial charge in [0.1, 0.15) is 10.5 Å². The fraction of sp³-hybridized carbons (Fsp3) is 0.0769. The standard InChI is InChI=1S/C25H18F3N5OS.CH3NO/c1-15-14-35-23-21(16-9-11-29-12-10-16)22(32-33(15)23)17-3-2-4-20(13-17)31-24(34)30-19-7-5-18(6-8-19)25(26,27)28;2-1-3/h2-14H,1H3,(H2,30,31,34);1H,(H2,2,3). The molecular formula is C26H21F3N6O2S. The number of thiazole rings is 1. The quantitative estimate of drug-likeness (QED) is 0.237. The highest BCUT2D eigenvalue weighted by Gasteiger charge is 2.30. The first-order valence-electron chi connectivity index (χ1n) is 11.1. The summed E-state index contributed by atoms with van der Waals surface area (Å²) in [4.78, 5) is 26.2. The predicted molar refractivity (Wildman–Crippen MR) is 141 cm³/mol. The lowest BCUT2D eigenvalue weighted by Crippen LogP contribution is -2.19. The lowest BCUT2D eigenvalue weighted by molar-refractivity contribution is -0.137. The van der Waals surface area contributed by atoms with Crippen LogP contribution < -0.4 is 16.4 Å². The molecule has 0 spiro atoms. The maximum absolute atomic E-state index is 12.7. The number of aryl methyl sites for hydroxylation is 1. The van der Waals surface area contributed by atoms with Crippen LogP contribution in [0.4, 0.5) is 29.3 Å². The van der Waals surface area contributed by atoms with Crippen LogP contribution in [-0.2, 0) is 11.0 Å². The van der Waals surface area contributed by atoms with Crippen molar-refractivity contribution in [2.24, 2.45) is 5.73 Å². The molecule has 0 bridgehead atoms. The second-order valence-corrected chi connectivity index (χ2v) is 8.78. The molecule has 38 heavy (non-hydrogen) atoms. The van der Waals surface area contributed by atoms with Crippen LogP contribution in [-0.4, -0.2) is 27.0 Å². The molecule has 3 amide bonds. The van der Waals surface area contributed by atoms with E-state index in [1.165, 1.54) is 12.1 Å². The van der Waals surface area contributed by atoms with Gasteiger partial charge in [0.2, 0.25) is 6.41 Å². The summed E-state index contributed by atoms with van der Waals surface area (Å²) < 4.78 is 40.1. The smallest absolute Gasteiger partial charge is 0.372 e. The first-order chi connectivity index (χ1) is 18.2. The zero-order valence-corrected chi connectivity index (χ0v) is 20.7. The van der Waals surface area contributed by atoms with Crippen molar-refractivity contribution in [2.75, 3.05) is 10.6 Å². The molecule has 0 fully saturated rings. The molecule has 5 aromatic rings. The van der Waals surface area contributed by atoms with Crippen LogP contribution in [0.5, 0.6) is 0 Å². The van der Waals surface area contributed by atoms with E-state index in [-0.39, 0.29) is 12.1 Å². The normalized spacial score (nSPS) is 10.9. The Morgan fingerprint density at radius 1 is 1.00 bits per heavy atom. The van der Waals surface area contributed by atoms with E-state index in [4.69, 9.17) is 9.89 Å². The monoisotopic (exact) mass is 538 g/mol. The van der Waals surface area contributed by atoms with Crippen LogP contribution in [0.2, 0.25) is 0 Å². The van der Waals surface area contributed by atoms with Gasteiger partial charge in [0.15, 0.2) is 0 Å². The van der Waals surface area contributed by atoms with Crippen molar-refractivity contribution in [3.63, 3.8) is 0 Å². The first kappa shape index (κ1) is 26.4. The molecule has 3 aromatic heterocycles. The van der Waals surface area contributed by atoms with E-state index >= 15 is 0 Å². The molecule has 0 radical (unpaired) electrons. The van der Waals surface area contributed by atoms with Gasteiger partial charge in [-0.15, -0.1) is 11.3 Å². The van der Waals surface area contributed by atoms with Gasteiger partial charge in [-0.05, 0) is 61.0 Å². The highest BCUT2D eigenvalue weighted by atomic mass is 32.1. The van der Waals surface area contributed by atoms with Crippen molar-refractivity contribution in [1.29, 1.82) is 0 Å². The summed E-state index contributed by atoms with van der Waals surface area (Å²) in [7, 11) is 0. The molecule has 2 aromatic carbocycles. The number of alkyl halides is 3. The average Bonchev–Trinajstić information content (AvgIpc) is 3.44. The van der Waals surface area contributed by atoms with Crippen LogP contribution in [0, 0.1) is 6.92 Å². The Balaban J connectivity index is 0.00000107. The third kappa shape index (κ3) is 5.81. The molecular weight excluding hydrogens is 517 g/mol. The number of amides is 3. The van der Waals surface area contributed by atoms with Gasteiger partial charge in [-0.3, -0.25) is 9.78 Å². The number of fused-ring (bicyclic) bond motifs is 1. The number of rotatable bonds is 4. The molecule has 0 saturated carbocycles. The molecule has 4 N–H and O–H groups in total. The summed E-state index contributed by atoms with van der Waals surface area (Å²) in [6.07, 6.45) is -0.726. The topological polar surface area (TPSA) is 114 Å². The fourth-order valence-electron chi connectivity index (χ4n) is 3.70. The summed E-state index contributed by atoms with van der Waals surface area (Å²) >= 11 is 1.60. The van der Waals surface area contributed by atoms with E-state index in [9.17, 15) is 18.0 Å². The van der Waals surface area contributed by atoms with Gasteiger partial charge in [-0.2, -0.15) is 18.3 Å². The number of urea groups is 1. The summed E-state index contributed by atoms with van der Waals surface area (Å²) in [6, 6.07) is 14.8. The number of anilines is 2. The number of aromatic nitrogens is 3. The molecule has 0 aliphatic carbocycles. The molecule has 3 heterocycles. The number of halogens is 3. The van der Waals surface area contributed by atoms with E-state index in [0.29, 0.717) is 5.69 Å². The number of benzene rings is 2. The Morgan fingerprint density at radius 2 is 1.66 bits per heavy atom. The Bertz CT molecular complexity index is 1560. The molecule has 12 heteroatoms. The van der Waals surface area contributed by atoms with Crippen molar-refractivity contribution >= 4 is 40.0 Å². The number of carbonyl (C=O) groups excluding carboxylic acids is 2. The number of hydrogen-bond acceptors (Lipinski definition) is 5. The molecule has 194 valence electrons. The van der Waals surface area contributed by atoms with Gasteiger partial charge < -0.3 is 16.4 Å². The molecule has 0 atom stereocenters. The average molecular weight is 539 g/mol. The minimum absolute atomic E-state index is 0.247. The second-order valence-electron chi connectivity index (χ2n) is 7.92. The van der Waals surface area contributed by atoms with Crippen molar-refractivity contribution in [3.8, 4) is 22.4 Å². The Hall–Kier alpha value is -4.71. The lowest BCUT2D eigenvalue weighted by atomic mass is 10.0. The largest absolute Gasteiger partial charge is 0.416 e. The molecule has 0 aliphatic rings. The highest BCUT2D eigenvalue weighted by molar-refractivity contribution is 7.16. The zero-order valence-electron chi connectivity index (χ0n) is 19.9. The van der Waals surface area contributed by atoms with Crippen molar-refractivity contribution in [2.45, 2.75) is 13.1 Å². The summed E-state index contributed by atoms with van der Waals surface area (Å²) in [6.45, 7) is 1.99. The maximum Gasteiger partial charge on any atom is 0.416 e. The van der Waals surface area contributed by atoms with Gasteiger partial charge in [-0.1, -0.05) is 12.1 Å². The van der Waals surface area contributed by atoms with E-state index in [1.807, 2.05) is 35.0 Å². The molecule has 0 unspecified atom stereocenters. The lowest BCUT2D eigenvalue weighted by Gasteiger charge is -2.11. The van der Waals surface area contributed by atoms with Crippen LogP contribution in [0.1, 0.15) is 11.3 Å². The predicted octanol–water partition coefficient (Wildman–Crippen LogP) is 6.20. The Morgan fingerprint density at radius 3 is 2.32 bits per heavy atom. The highest BCUT2D eigenvalue weighted by Crippen LogP contribution is 2.38. The summed E-state index contributed by atoms with van der Waals surface area (Å²) in [5.74, 6) is 0. The number of nitrogens with one attached hydrogen (secondary N) is 2. The van der Waals surface area contributed by atoms with Gasteiger partial charge >= 0.3 is 12.2 Å². The van der Waals surface area contributed by atoms with Crippen molar-refractivity contribution in [3.05, 3.63) is 89.7 Å². The van der Waals surface area contributed by atoms with E-state index in [2.05, 4.69) is 21.4 Å². The minimum Gasteiger partial charge on any atom is -0.372 e. The van der Waals surface area contributed by atoms with Crippen molar-refractivity contribution < 1.29 is 22.8 Å². The van der Waals surface area contributed by atoms with Crippen LogP contribution in [0.3, 0.4) is 0 Å². The molecule has 0 aliphatic heterocycles. The van der Waals surface area contributed by atoms with Gasteiger partial charge in [0.05, 0.1) is 11.3 Å². The third-order valence-electron chi connectivity index (χ3n) is 5.35. The van der Waals surface area contributed by atoms with Gasteiger partial charge in [0.25, 0.3) is 0 Å². The Labute approximate surface area is 218 Å². The van der Waals surface area contributed by atoms with Crippen LogP contribution >= 0.6 is 11.3 Å². The minimum atomic E-state index is -4.43. The number of pyridine rings is 1. The van der Waals surface area contributed by atoms with Gasteiger partial charge in [0, 0.05) is 40.3 Å². The fourth-order valence-corrected chi connectivity index (χ4v) is 4.70. The number of primary amides is 1. The number of nitrogens with two attached hydrogens (primary N) is 1. The zero-order chi connectivity index (χ0) is 27.3. The van der Waals surface area contributed by atoms with E-state index < -0.39 is 17.8 Å². The molecule has 8 nitrogen and oxygen atoms in total. The Kier molecular flexibility index (Phi) is 7.72. The van der Waals surface area contributed by atoms with Gasteiger partial charge in [-0.25, -0.2) is 9.31 Å². The molecule has 5 rings (SSSR count). The summed E-state index contributed by atoms with van der Waals surface area (Å²) in [5.41, 5.74) is 8.67. The van der Waals surface area contributed by atoms with Crippen molar-refractivity contribution in [1.82, 2.24) is 14.6 Å². The number of carbonyl (C=O) groups is 2. The van der Waals surface area contributed by atoms with Crippen LogP contribution in [0.25, 0.3) is 27.2 Å². The third-order valence-corrected chi connectivity index (χ3v) is 6.41. The summed E-state index contributed by atoms with van der Waals surface area (Å²) in [5, 5.41) is 12.1. The van der Waals surface area contributed by atoms with Crippen LogP contribution in [0.15, 0.2) is 78.4 Å². The van der Waals surface area contributed by atoms with E-state index in [1.54, 1.807) is 41.9 Å². The number of nitrogens with zero attached hydrogens (tertiary/aromatic N) is 3. The second kappa shape index (κ2) is 11.1. The first-order valence-corrected chi connectivity index (χ1v) is 12.0. The maximum atomic E-state index is 12.7. The molecule has 0 saturated heterocycles. The van der Waals surface area contributed by atoms with E-state index in [0.717, 1.165) is 45.0 Å². The SMILES string of the molecule is Cc1csc2c(-c3ccncc3)c(-c3cccc(NC(=O)Nc4ccc(C(F)(F)F)cc4)c3)nn12.NC=O.